The van der Waals surface area contributed by atoms with Crippen molar-refractivity contribution in [2.75, 3.05) is 6.54 Å². The maximum absolute atomic E-state index is 12.4. The average molecular weight is 290 g/mol. The van der Waals surface area contributed by atoms with Crippen LogP contribution in [0, 0.1) is 5.92 Å². The van der Waals surface area contributed by atoms with Crippen LogP contribution in [-0.4, -0.2) is 28.9 Å². The molecule has 0 spiro atoms. The Bertz CT molecular complexity index is 681. The lowest BCUT2D eigenvalue weighted by Crippen LogP contribution is -2.44. The van der Waals surface area contributed by atoms with Gasteiger partial charge in [0.15, 0.2) is 0 Å². The number of halogens is 1. The predicted molar refractivity (Wildman–Crippen MR) is 78.2 cm³/mol. The zero-order valence-electron chi connectivity index (χ0n) is 11.0. The smallest absolute Gasteiger partial charge is 0.253 e. The fraction of sp³-hybridized carbons (Fsp3) is 0.400. The van der Waals surface area contributed by atoms with E-state index < -0.39 is 0 Å². The van der Waals surface area contributed by atoms with Gasteiger partial charge in [-0.15, -0.1) is 0 Å². The molecular weight excluding hydrogens is 274 g/mol. The van der Waals surface area contributed by atoms with E-state index in [1.165, 1.54) is 6.42 Å². The average Bonchev–Trinajstić information content (AvgIpc) is 3.15. The van der Waals surface area contributed by atoms with Gasteiger partial charge in [-0.2, -0.15) is 0 Å². The molecule has 5 heteroatoms. The number of nitrogens with one attached hydrogen (secondary N) is 2. The quantitative estimate of drug-likeness (QED) is 0.889. The number of aromatic nitrogens is 1. The van der Waals surface area contributed by atoms with Gasteiger partial charge in [0.05, 0.1) is 5.56 Å². The number of nitrogens with zero attached hydrogens (tertiary/aromatic N) is 1. The topological polar surface area (TPSA) is 45.5 Å². The van der Waals surface area contributed by atoms with Crippen molar-refractivity contribution >= 4 is 23.0 Å². The SMILES string of the molecule is O=C(NC1CC2CC1CN2)c1ccc2ccc(Cl)n2c1. The Morgan fingerprint density at radius 3 is 2.90 bits per heavy atom. The van der Waals surface area contributed by atoms with E-state index in [0.29, 0.717) is 28.7 Å². The number of piperidine rings is 1. The largest absolute Gasteiger partial charge is 0.349 e. The Balaban J connectivity index is 1.56. The zero-order valence-corrected chi connectivity index (χ0v) is 11.7. The summed E-state index contributed by atoms with van der Waals surface area (Å²) in [5, 5.41) is 7.25. The summed E-state index contributed by atoms with van der Waals surface area (Å²) in [7, 11) is 0. The van der Waals surface area contributed by atoms with Crippen molar-refractivity contribution in [1.29, 1.82) is 0 Å². The van der Waals surface area contributed by atoms with Gasteiger partial charge in [0.1, 0.15) is 5.15 Å². The molecule has 2 N–H and O–H groups in total. The lowest BCUT2D eigenvalue weighted by Gasteiger charge is -2.23. The lowest BCUT2D eigenvalue weighted by molar-refractivity contribution is 0.0924. The number of hydrogen-bond acceptors (Lipinski definition) is 2. The molecule has 3 unspecified atom stereocenters. The van der Waals surface area contributed by atoms with Crippen LogP contribution in [0.2, 0.25) is 5.15 Å². The van der Waals surface area contributed by atoms with Crippen molar-refractivity contribution in [2.45, 2.75) is 24.9 Å². The minimum absolute atomic E-state index is 0.00535. The molecular formula is C15H16ClN3O. The van der Waals surface area contributed by atoms with E-state index in [1.54, 1.807) is 6.20 Å². The monoisotopic (exact) mass is 289 g/mol. The number of fused-ring (bicyclic) bond motifs is 3. The van der Waals surface area contributed by atoms with Gasteiger partial charge in [-0.3, -0.25) is 4.79 Å². The van der Waals surface area contributed by atoms with Gasteiger partial charge in [0, 0.05) is 30.3 Å². The second-order valence-electron chi connectivity index (χ2n) is 5.79. The number of rotatable bonds is 2. The third-order valence-corrected chi connectivity index (χ3v) is 4.85. The Morgan fingerprint density at radius 1 is 1.30 bits per heavy atom. The summed E-state index contributed by atoms with van der Waals surface area (Å²) in [5.41, 5.74) is 1.65. The van der Waals surface area contributed by atoms with E-state index in [0.717, 1.165) is 18.5 Å². The molecule has 1 aliphatic heterocycles. The van der Waals surface area contributed by atoms with Crippen LogP contribution < -0.4 is 10.6 Å². The highest BCUT2D eigenvalue weighted by atomic mass is 35.5. The number of pyridine rings is 1. The molecule has 1 saturated carbocycles. The first-order valence-corrected chi connectivity index (χ1v) is 7.39. The summed E-state index contributed by atoms with van der Waals surface area (Å²) in [6, 6.07) is 8.44. The molecule has 0 radical (unpaired) electrons. The van der Waals surface area contributed by atoms with Crippen molar-refractivity contribution in [2.24, 2.45) is 5.92 Å². The standard InChI is InChI=1S/C15H16ClN3O/c16-14-4-3-12-2-1-9(8-19(12)14)15(20)18-13-6-11-5-10(13)7-17-11/h1-4,8,10-11,13,17H,5-7H2,(H,18,20). The number of carbonyl (C=O) groups is 1. The summed E-state index contributed by atoms with van der Waals surface area (Å²) in [4.78, 5) is 12.4. The van der Waals surface area contributed by atoms with Crippen molar-refractivity contribution < 1.29 is 4.79 Å². The van der Waals surface area contributed by atoms with Crippen LogP contribution >= 0.6 is 11.6 Å². The van der Waals surface area contributed by atoms with Crippen molar-refractivity contribution in [3.8, 4) is 0 Å². The molecule has 4 nitrogen and oxygen atoms in total. The van der Waals surface area contributed by atoms with Crippen LogP contribution in [0.1, 0.15) is 23.2 Å². The molecule has 0 aromatic carbocycles. The van der Waals surface area contributed by atoms with Gasteiger partial charge in [-0.1, -0.05) is 11.6 Å². The van der Waals surface area contributed by atoms with Crippen molar-refractivity contribution in [3.05, 3.63) is 41.2 Å². The van der Waals surface area contributed by atoms with Crippen LogP contribution in [-0.2, 0) is 0 Å². The number of carbonyl (C=O) groups excluding carboxylic acids is 1. The summed E-state index contributed by atoms with van der Waals surface area (Å²) in [6.45, 7) is 1.03. The molecule has 2 aromatic rings. The molecule has 3 atom stereocenters. The third-order valence-electron chi connectivity index (χ3n) is 4.54. The van der Waals surface area contributed by atoms with Crippen LogP contribution in [0.25, 0.3) is 5.52 Å². The fourth-order valence-electron chi connectivity index (χ4n) is 3.47. The number of hydrogen-bond donors (Lipinski definition) is 2. The highest BCUT2D eigenvalue weighted by molar-refractivity contribution is 6.30. The summed E-state index contributed by atoms with van der Waals surface area (Å²) in [6.07, 6.45) is 4.04. The minimum atomic E-state index is -0.00535. The minimum Gasteiger partial charge on any atom is -0.349 e. The fourth-order valence-corrected chi connectivity index (χ4v) is 3.67. The third kappa shape index (κ3) is 1.91. The van der Waals surface area contributed by atoms with Crippen LogP contribution in [0.4, 0.5) is 0 Å². The first-order valence-electron chi connectivity index (χ1n) is 7.01. The maximum Gasteiger partial charge on any atom is 0.253 e. The van der Waals surface area contributed by atoms with E-state index in [1.807, 2.05) is 28.7 Å². The first kappa shape index (κ1) is 12.2. The first-order chi connectivity index (χ1) is 9.70. The molecule has 104 valence electrons. The second-order valence-corrected chi connectivity index (χ2v) is 6.17. The van der Waals surface area contributed by atoms with Crippen LogP contribution in [0.15, 0.2) is 30.5 Å². The Morgan fingerprint density at radius 2 is 2.15 bits per heavy atom. The molecule has 2 fully saturated rings. The Kier molecular flexibility index (Phi) is 2.75. The van der Waals surface area contributed by atoms with Gasteiger partial charge < -0.3 is 15.0 Å². The molecule has 4 rings (SSSR count). The zero-order chi connectivity index (χ0) is 13.7. The molecule has 20 heavy (non-hydrogen) atoms. The number of amides is 1. The highest BCUT2D eigenvalue weighted by Gasteiger charge is 2.40. The van der Waals surface area contributed by atoms with Crippen molar-refractivity contribution in [3.63, 3.8) is 0 Å². The molecule has 2 aliphatic rings. The molecule has 2 bridgehead atoms. The lowest BCUT2D eigenvalue weighted by atomic mass is 10.0. The molecule has 2 aromatic heterocycles. The Labute approximate surface area is 122 Å². The van der Waals surface area contributed by atoms with E-state index in [4.69, 9.17) is 11.6 Å². The van der Waals surface area contributed by atoms with Gasteiger partial charge in [0.25, 0.3) is 5.91 Å². The van der Waals surface area contributed by atoms with Crippen LogP contribution in [0.5, 0.6) is 0 Å². The maximum atomic E-state index is 12.4. The normalized spacial score (nSPS) is 28.1. The molecule has 3 heterocycles. The summed E-state index contributed by atoms with van der Waals surface area (Å²) < 4.78 is 1.83. The van der Waals surface area contributed by atoms with E-state index in [2.05, 4.69) is 10.6 Å². The van der Waals surface area contributed by atoms with E-state index in [-0.39, 0.29) is 5.91 Å². The highest BCUT2D eigenvalue weighted by Crippen LogP contribution is 2.31. The van der Waals surface area contributed by atoms with Gasteiger partial charge in [-0.05, 0) is 43.0 Å². The van der Waals surface area contributed by atoms with E-state index >= 15 is 0 Å². The van der Waals surface area contributed by atoms with Gasteiger partial charge >= 0.3 is 0 Å². The molecule has 1 aliphatic carbocycles. The summed E-state index contributed by atoms with van der Waals surface area (Å²) >= 11 is 6.09. The molecule has 1 saturated heterocycles. The second kappa shape index (κ2) is 4.50. The Hall–Kier alpha value is -1.52. The van der Waals surface area contributed by atoms with Gasteiger partial charge in [0.2, 0.25) is 0 Å². The van der Waals surface area contributed by atoms with E-state index in [9.17, 15) is 4.79 Å². The molecule has 1 amide bonds. The van der Waals surface area contributed by atoms with Gasteiger partial charge in [-0.25, -0.2) is 0 Å². The van der Waals surface area contributed by atoms with Crippen molar-refractivity contribution in [1.82, 2.24) is 15.0 Å². The van der Waals surface area contributed by atoms with Crippen LogP contribution in [0.3, 0.4) is 0 Å². The summed E-state index contributed by atoms with van der Waals surface area (Å²) in [5.74, 6) is 0.581. The predicted octanol–water partition coefficient (Wildman–Crippen LogP) is 2.07.